The van der Waals surface area contributed by atoms with Crippen LogP contribution in [0.1, 0.15) is 48.2 Å². The highest BCUT2D eigenvalue weighted by Gasteiger charge is 2.24. The molecule has 0 amide bonds. The van der Waals surface area contributed by atoms with Crippen LogP contribution in [0.5, 0.6) is 5.75 Å². The number of piperidine rings is 1. The summed E-state index contributed by atoms with van der Waals surface area (Å²) < 4.78 is 24.4. The van der Waals surface area contributed by atoms with Gasteiger partial charge in [-0.05, 0) is 75.7 Å². The Kier molecular flexibility index (Phi) is 5.90. The summed E-state index contributed by atoms with van der Waals surface area (Å²) in [5.41, 5.74) is 2.18. The van der Waals surface area contributed by atoms with Crippen LogP contribution in [-0.4, -0.2) is 42.1 Å². The molecule has 5 nitrogen and oxygen atoms in total. The molecular formula is C23H25FN2O3. The van der Waals surface area contributed by atoms with Crippen molar-refractivity contribution in [1.82, 2.24) is 10.1 Å². The lowest BCUT2D eigenvalue weighted by Gasteiger charge is -2.31. The molecule has 3 aromatic rings. The van der Waals surface area contributed by atoms with Crippen LogP contribution < -0.4 is 4.74 Å². The molecule has 0 atom stereocenters. The molecule has 1 aliphatic heterocycles. The lowest BCUT2D eigenvalue weighted by Crippen LogP contribution is -2.34. The standard InChI is InChI=1S/C23H25FN2O3/c1-16(27)17-3-6-20(7-4-17)28-14-2-11-26-12-9-18(10-13-26)23-21-8-5-19(24)15-22(21)29-25-23/h3-8,15,18H,2,9-14H2,1H3. The van der Waals surface area contributed by atoms with E-state index in [0.29, 0.717) is 23.7 Å². The van der Waals surface area contributed by atoms with Gasteiger partial charge in [0.1, 0.15) is 11.6 Å². The van der Waals surface area contributed by atoms with Crippen LogP contribution in [0, 0.1) is 5.82 Å². The molecule has 0 aliphatic carbocycles. The number of benzene rings is 2. The van der Waals surface area contributed by atoms with Crippen LogP contribution in [-0.2, 0) is 0 Å². The minimum Gasteiger partial charge on any atom is -0.494 e. The van der Waals surface area contributed by atoms with Gasteiger partial charge in [-0.1, -0.05) is 5.16 Å². The summed E-state index contributed by atoms with van der Waals surface area (Å²) in [6.45, 7) is 5.22. The van der Waals surface area contributed by atoms with E-state index in [1.165, 1.54) is 12.1 Å². The van der Waals surface area contributed by atoms with Crippen molar-refractivity contribution in [2.45, 2.75) is 32.1 Å². The second-order valence-electron chi connectivity index (χ2n) is 7.61. The van der Waals surface area contributed by atoms with Gasteiger partial charge < -0.3 is 14.2 Å². The number of hydrogen-bond acceptors (Lipinski definition) is 5. The Bertz CT molecular complexity index is 975. The van der Waals surface area contributed by atoms with Gasteiger partial charge in [-0.3, -0.25) is 4.79 Å². The zero-order valence-electron chi connectivity index (χ0n) is 16.6. The van der Waals surface area contributed by atoms with Crippen molar-refractivity contribution in [1.29, 1.82) is 0 Å². The van der Waals surface area contributed by atoms with E-state index in [2.05, 4.69) is 10.1 Å². The maximum atomic E-state index is 13.3. The number of rotatable bonds is 7. The molecule has 1 aromatic heterocycles. The molecule has 0 saturated carbocycles. The molecule has 2 aromatic carbocycles. The average Bonchev–Trinajstić information content (AvgIpc) is 3.15. The van der Waals surface area contributed by atoms with Gasteiger partial charge in [-0.15, -0.1) is 0 Å². The Morgan fingerprint density at radius 1 is 1.21 bits per heavy atom. The molecule has 4 rings (SSSR count). The van der Waals surface area contributed by atoms with Crippen molar-refractivity contribution < 1.29 is 18.4 Å². The van der Waals surface area contributed by atoms with Gasteiger partial charge in [0.05, 0.1) is 12.3 Å². The highest BCUT2D eigenvalue weighted by molar-refractivity contribution is 5.94. The molecule has 0 spiro atoms. The number of halogens is 1. The fourth-order valence-electron chi connectivity index (χ4n) is 3.92. The Morgan fingerprint density at radius 3 is 2.69 bits per heavy atom. The highest BCUT2D eigenvalue weighted by Crippen LogP contribution is 2.32. The third kappa shape index (κ3) is 4.65. The average molecular weight is 396 g/mol. The van der Waals surface area contributed by atoms with Crippen LogP contribution in [0.2, 0.25) is 0 Å². The Balaban J connectivity index is 1.21. The predicted molar refractivity (Wildman–Crippen MR) is 109 cm³/mol. The van der Waals surface area contributed by atoms with Crippen LogP contribution in [0.4, 0.5) is 4.39 Å². The van der Waals surface area contributed by atoms with Crippen molar-refractivity contribution in [3.8, 4) is 5.75 Å². The summed E-state index contributed by atoms with van der Waals surface area (Å²) >= 11 is 0. The van der Waals surface area contributed by atoms with Crippen molar-refractivity contribution >= 4 is 16.8 Å². The van der Waals surface area contributed by atoms with Gasteiger partial charge in [-0.2, -0.15) is 0 Å². The molecule has 6 heteroatoms. The zero-order chi connectivity index (χ0) is 20.2. The highest BCUT2D eigenvalue weighted by atomic mass is 19.1. The molecule has 0 unspecified atom stereocenters. The van der Waals surface area contributed by atoms with E-state index in [0.717, 1.165) is 55.7 Å². The second kappa shape index (κ2) is 8.74. The summed E-state index contributed by atoms with van der Waals surface area (Å²) in [6.07, 6.45) is 2.99. The topological polar surface area (TPSA) is 55.6 Å². The molecule has 2 heterocycles. The van der Waals surface area contributed by atoms with E-state index in [1.807, 2.05) is 12.1 Å². The van der Waals surface area contributed by atoms with Crippen molar-refractivity contribution in [3.63, 3.8) is 0 Å². The first-order valence-corrected chi connectivity index (χ1v) is 10.1. The fraction of sp³-hybridized carbons (Fsp3) is 0.391. The van der Waals surface area contributed by atoms with E-state index in [1.54, 1.807) is 25.1 Å². The van der Waals surface area contributed by atoms with Gasteiger partial charge in [0.2, 0.25) is 0 Å². The smallest absolute Gasteiger partial charge is 0.170 e. The first-order valence-electron chi connectivity index (χ1n) is 10.1. The third-order valence-electron chi connectivity index (χ3n) is 5.58. The van der Waals surface area contributed by atoms with Gasteiger partial charge in [0.25, 0.3) is 0 Å². The molecule has 0 bridgehead atoms. The van der Waals surface area contributed by atoms with E-state index >= 15 is 0 Å². The minimum atomic E-state index is -0.299. The predicted octanol–water partition coefficient (Wildman–Crippen LogP) is 4.82. The molecular weight excluding hydrogens is 371 g/mol. The SMILES string of the molecule is CC(=O)c1ccc(OCCCN2CCC(c3noc4cc(F)ccc34)CC2)cc1. The first kappa shape index (κ1) is 19.6. The quantitative estimate of drug-likeness (QED) is 0.423. The number of aromatic nitrogens is 1. The number of carbonyl (C=O) groups is 1. The van der Waals surface area contributed by atoms with Crippen LogP contribution in [0.3, 0.4) is 0 Å². The van der Waals surface area contributed by atoms with Gasteiger partial charge in [0, 0.05) is 29.5 Å². The van der Waals surface area contributed by atoms with Crippen molar-refractivity contribution in [3.05, 3.63) is 59.5 Å². The number of ether oxygens (including phenoxy) is 1. The number of Topliss-reactive ketones (excluding diaryl/α,β-unsaturated/α-hetero) is 1. The summed E-state index contributed by atoms with van der Waals surface area (Å²) in [4.78, 5) is 13.7. The molecule has 1 aliphatic rings. The monoisotopic (exact) mass is 396 g/mol. The summed E-state index contributed by atoms with van der Waals surface area (Å²) in [5, 5.41) is 5.13. The molecule has 1 saturated heterocycles. The normalized spacial score (nSPS) is 15.7. The Labute approximate surface area is 169 Å². The van der Waals surface area contributed by atoms with Gasteiger partial charge in [-0.25, -0.2) is 4.39 Å². The lowest BCUT2D eigenvalue weighted by atomic mass is 9.91. The van der Waals surface area contributed by atoms with Gasteiger partial charge >= 0.3 is 0 Å². The number of fused-ring (bicyclic) bond motifs is 1. The van der Waals surface area contributed by atoms with E-state index in [-0.39, 0.29) is 11.6 Å². The van der Waals surface area contributed by atoms with E-state index in [9.17, 15) is 9.18 Å². The summed E-state index contributed by atoms with van der Waals surface area (Å²) in [6, 6.07) is 11.9. The molecule has 152 valence electrons. The second-order valence-corrected chi connectivity index (χ2v) is 7.61. The van der Waals surface area contributed by atoms with Crippen LogP contribution in [0.25, 0.3) is 11.0 Å². The molecule has 0 radical (unpaired) electrons. The fourth-order valence-corrected chi connectivity index (χ4v) is 3.92. The number of ketones is 1. The number of carbonyl (C=O) groups excluding carboxylic acids is 1. The van der Waals surface area contributed by atoms with Crippen molar-refractivity contribution in [2.24, 2.45) is 0 Å². The molecule has 1 fully saturated rings. The maximum absolute atomic E-state index is 13.3. The van der Waals surface area contributed by atoms with E-state index < -0.39 is 0 Å². The van der Waals surface area contributed by atoms with Crippen molar-refractivity contribution in [2.75, 3.05) is 26.2 Å². The zero-order valence-corrected chi connectivity index (χ0v) is 16.6. The Morgan fingerprint density at radius 2 is 1.97 bits per heavy atom. The maximum Gasteiger partial charge on any atom is 0.170 e. The number of nitrogens with zero attached hydrogens (tertiary/aromatic N) is 2. The molecule has 29 heavy (non-hydrogen) atoms. The lowest BCUT2D eigenvalue weighted by molar-refractivity contribution is 0.101. The summed E-state index contributed by atoms with van der Waals surface area (Å²) in [5.74, 6) is 0.912. The number of likely N-dealkylation sites (tertiary alicyclic amines) is 1. The van der Waals surface area contributed by atoms with Crippen LogP contribution in [0.15, 0.2) is 47.0 Å². The summed E-state index contributed by atoms with van der Waals surface area (Å²) in [7, 11) is 0. The Hall–Kier alpha value is -2.73. The minimum absolute atomic E-state index is 0.0609. The number of hydrogen-bond donors (Lipinski definition) is 0. The van der Waals surface area contributed by atoms with Gasteiger partial charge in [0.15, 0.2) is 11.4 Å². The first-order chi connectivity index (χ1) is 14.1. The molecule has 0 N–H and O–H groups in total. The largest absolute Gasteiger partial charge is 0.494 e. The third-order valence-corrected chi connectivity index (χ3v) is 5.58. The van der Waals surface area contributed by atoms with Crippen LogP contribution >= 0.6 is 0 Å². The van der Waals surface area contributed by atoms with E-state index in [4.69, 9.17) is 9.26 Å².